The molecule has 120 valence electrons. The Hall–Kier alpha value is -1.08. The van der Waals surface area contributed by atoms with Crippen LogP contribution in [0.25, 0.3) is 0 Å². The number of sulfone groups is 1. The second kappa shape index (κ2) is 7.79. The van der Waals surface area contributed by atoms with Crippen LogP contribution in [0.15, 0.2) is 21.8 Å². The summed E-state index contributed by atoms with van der Waals surface area (Å²) in [5.74, 6) is 0.941. The van der Waals surface area contributed by atoms with Crippen molar-refractivity contribution in [2.24, 2.45) is 10.4 Å². The van der Waals surface area contributed by atoms with Gasteiger partial charge in [-0.15, -0.1) is 0 Å². The number of nitrogens with zero attached hydrogens (tertiary/aromatic N) is 1. The van der Waals surface area contributed by atoms with E-state index in [1.807, 2.05) is 5.38 Å². The molecule has 2 N–H and O–H groups in total. The lowest BCUT2D eigenvalue weighted by Gasteiger charge is -2.25. The van der Waals surface area contributed by atoms with Crippen LogP contribution >= 0.6 is 11.3 Å². The first-order valence-electron chi connectivity index (χ1n) is 6.85. The lowest BCUT2D eigenvalue weighted by Crippen LogP contribution is -2.42. The van der Waals surface area contributed by atoms with Crippen molar-refractivity contribution >= 4 is 27.1 Å². The van der Waals surface area contributed by atoms with Gasteiger partial charge in [-0.3, -0.25) is 4.99 Å². The van der Waals surface area contributed by atoms with E-state index < -0.39 is 9.84 Å². The van der Waals surface area contributed by atoms with Crippen LogP contribution < -0.4 is 10.6 Å². The molecule has 1 aromatic rings. The molecule has 7 heteroatoms. The zero-order valence-electron chi connectivity index (χ0n) is 13.1. The average molecular weight is 332 g/mol. The number of hydrogen-bond donors (Lipinski definition) is 2. The van der Waals surface area contributed by atoms with E-state index in [0.717, 1.165) is 12.5 Å². The molecule has 0 unspecified atom stereocenters. The van der Waals surface area contributed by atoms with Crippen LogP contribution in [-0.2, 0) is 16.4 Å². The highest BCUT2D eigenvalue weighted by Gasteiger charge is 2.20. The van der Waals surface area contributed by atoms with E-state index in [0.29, 0.717) is 13.0 Å². The largest absolute Gasteiger partial charge is 0.356 e. The topological polar surface area (TPSA) is 70.6 Å². The molecule has 0 aromatic carbocycles. The average Bonchev–Trinajstić information content (AvgIpc) is 2.89. The lowest BCUT2D eigenvalue weighted by molar-refractivity contribution is 0.348. The summed E-state index contributed by atoms with van der Waals surface area (Å²) in [5.41, 5.74) is 1.11. The van der Waals surface area contributed by atoms with Crippen LogP contribution in [0.3, 0.4) is 0 Å². The van der Waals surface area contributed by atoms with Crippen molar-refractivity contribution in [3.8, 4) is 0 Å². The normalized spacial score (nSPS) is 13.2. The highest BCUT2D eigenvalue weighted by atomic mass is 32.2. The van der Waals surface area contributed by atoms with Gasteiger partial charge in [-0.25, -0.2) is 8.42 Å². The smallest absolute Gasteiger partial charge is 0.191 e. The maximum atomic E-state index is 11.3. The van der Waals surface area contributed by atoms with E-state index in [1.54, 1.807) is 18.4 Å². The van der Waals surface area contributed by atoms with Crippen LogP contribution in [0.1, 0.15) is 25.8 Å². The van der Waals surface area contributed by atoms with E-state index in [1.165, 1.54) is 11.8 Å². The van der Waals surface area contributed by atoms with Crippen LogP contribution in [0.4, 0.5) is 0 Å². The fourth-order valence-electron chi connectivity index (χ4n) is 1.67. The van der Waals surface area contributed by atoms with Crippen molar-refractivity contribution in [3.05, 3.63) is 22.4 Å². The Labute approximate surface area is 131 Å². The van der Waals surface area contributed by atoms with Gasteiger partial charge in [0.05, 0.1) is 5.75 Å². The minimum Gasteiger partial charge on any atom is -0.356 e. The zero-order chi connectivity index (χ0) is 15.9. The summed E-state index contributed by atoms with van der Waals surface area (Å²) in [6, 6.07) is 2.07. The maximum absolute atomic E-state index is 11.3. The van der Waals surface area contributed by atoms with Gasteiger partial charge in [-0.05, 0) is 34.2 Å². The Kier molecular flexibility index (Phi) is 6.67. The molecular weight excluding hydrogens is 306 g/mol. The third kappa shape index (κ3) is 8.06. The summed E-state index contributed by atoms with van der Waals surface area (Å²) in [7, 11) is -1.19. The summed E-state index contributed by atoms with van der Waals surface area (Å²) >= 11 is 1.67. The summed E-state index contributed by atoms with van der Waals surface area (Å²) in [5, 5.41) is 10.6. The molecular formula is C14H25N3O2S2. The van der Waals surface area contributed by atoms with Gasteiger partial charge in [0.2, 0.25) is 0 Å². The Balaban J connectivity index is 2.39. The van der Waals surface area contributed by atoms with Crippen LogP contribution in [-0.4, -0.2) is 40.0 Å². The molecule has 1 rings (SSSR count). The number of thiophene rings is 1. The van der Waals surface area contributed by atoms with Gasteiger partial charge < -0.3 is 10.6 Å². The van der Waals surface area contributed by atoms with E-state index in [-0.39, 0.29) is 11.2 Å². The Bertz CT molecular complexity index is 549. The summed E-state index contributed by atoms with van der Waals surface area (Å²) in [6.45, 7) is 5.51. The Morgan fingerprint density at radius 1 is 1.38 bits per heavy atom. The highest BCUT2D eigenvalue weighted by Crippen LogP contribution is 2.19. The number of guanidine groups is 1. The number of hydrogen-bond acceptors (Lipinski definition) is 4. The molecule has 0 aliphatic carbocycles. The number of rotatable bonds is 7. The quantitative estimate of drug-likeness (QED) is 0.591. The first kappa shape index (κ1) is 18.0. The van der Waals surface area contributed by atoms with Gasteiger partial charge in [0.15, 0.2) is 5.96 Å². The van der Waals surface area contributed by atoms with Crippen molar-refractivity contribution in [3.63, 3.8) is 0 Å². The minimum absolute atomic E-state index is 0.108. The predicted molar refractivity (Wildman–Crippen MR) is 90.6 cm³/mol. The van der Waals surface area contributed by atoms with Crippen molar-refractivity contribution in [1.82, 2.24) is 10.6 Å². The monoisotopic (exact) mass is 331 g/mol. The van der Waals surface area contributed by atoms with Crippen LogP contribution in [0, 0.1) is 5.41 Å². The molecule has 0 spiro atoms. The van der Waals surface area contributed by atoms with E-state index in [9.17, 15) is 8.42 Å². The molecule has 0 amide bonds. The molecule has 0 aliphatic rings. The zero-order valence-corrected chi connectivity index (χ0v) is 14.8. The number of nitrogens with one attached hydrogen (secondary N) is 2. The minimum atomic E-state index is -2.91. The van der Waals surface area contributed by atoms with E-state index in [4.69, 9.17) is 0 Å². The highest BCUT2D eigenvalue weighted by molar-refractivity contribution is 7.90. The Morgan fingerprint density at radius 2 is 2.10 bits per heavy atom. The third-order valence-corrected chi connectivity index (χ3v) is 4.83. The van der Waals surface area contributed by atoms with Gasteiger partial charge in [0.25, 0.3) is 0 Å². The molecule has 0 saturated carbocycles. The predicted octanol–water partition coefficient (Wildman–Crippen LogP) is 1.87. The first-order chi connectivity index (χ1) is 9.72. The first-order valence-corrected chi connectivity index (χ1v) is 9.85. The maximum Gasteiger partial charge on any atom is 0.191 e. The molecule has 0 aliphatic heterocycles. The third-order valence-electron chi connectivity index (χ3n) is 3.15. The SMILES string of the molecule is CN=C(NCc1ccsc1)NCC(C)(C)CCS(C)(=O)=O. The summed E-state index contributed by atoms with van der Waals surface area (Å²) in [6.07, 6.45) is 1.90. The molecule has 0 fully saturated rings. The van der Waals surface area contributed by atoms with Crippen LogP contribution in [0.2, 0.25) is 0 Å². The van der Waals surface area contributed by atoms with Gasteiger partial charge in [0, 0.05) is 26.4 Å². The fraction of sp³-hybridized carbons (Fsp3) is 0.643. The second-order valence-electron chi connectivity index (χ2n) is 5.96. The van der Waals surface area contributed by atoms with E-state index >= 15 is 0 Å². The van der Waals surface area contributed by atoms with Gasteiger partial charge in [-0.1, -0.05) is 13.8 Å². The van der Waals surface area contributed by atoms with Gasteiger partial charge >= 0.3 is 0 Å². The van der Waals surface area contributed by atoms with Gasteiger partial charge in [-0.2, -0.15) is 11.3 Å². The molecule has 5 nitrogen and oxygen atoms in total. The standard InChI is InChI=1S/C14H25N3O2S2/c1-14(2,6-8-21(4,18)19)11-17-13(15-3)16-9-12-5-7-20-10-12/h5,7,10H,6,8-9,11H2,1-4H3,(H2,15,16,17). The summed E-state index contributed by atoms with van der Waals surface area (Å²) < 4.78 is 22.5. The van der Waals surface area contributed by atoms with Gasteiger partial charge in [0.1, 0.15) is 9.84 Å². The molecule has 1 heterocycles. The molecule has 0 radical (unpaired) electrons. The summed E-state index contributed by atoms with van der Waals surface area (Å²) in [4.78, 5) is 4.18. The molecule has 0 bridgehead atoms. The lowest BCUT2D eigenvalue weighted by atomic mass is 9.90. The molecule has 0 saturated heterocycles. The molecule has 21 heavy (non-hydrogen) atoms. The van der Waals surface area contributed by atoms with Crippen molar-refractivity contribution in [2.75, 3.05) is 25.6 Å². The van der Waals surface area contributed by atoms with Crippen molar-refractivity contribution < 1.29 is 8.42 Å². The molecule has 0 atom stereocenters. The molecule has 1 aromatic heterocycles. The van der Waals surface area contributed by atoms with Crippen molar-refractivity contribution in [1.29, 1.82) is 0 Å². The second-order valence-corrected chi connectivity index (χ2v) is 8.99. The van der Waals surface area contributed by atoms with Crippen molar-refractivity contribution in [2.45, 2.75) is 26.8 Å². The fourth-order valence-corrected chi connectivity index (χ4v) is 3.26. The van der Waals surface area contributed by atoms with E-state index in [2.05, 4.69) is 40.9 Å². The van der Waals surface area contributed by atoms with Crippen LogP contribution in [0.5, 0.6) is 0 Å². The number of aliphatic imine (C=N–C) groups is 1. The Morgan fingerprint density at radius 3 is 2.62 bits per heavy atom.